The molecule has 0 unspecified atom stereocenters. The van der Waals surface area contributed by atoms with Gasteiger partial charge in [0, 0.05) is 13.1 Å². The van der Waals surface area contributed by atoms with E-state index in [9.17, 15) is 22.8 Å². The van der Waals surface area contributed by atoms with Crippen molar-refractivity contribution in [2.45, 2.75) is 46.6 Å². The summed E-state index contributed by atoms with van der Waals surface area (Å²) in [4.78, 5) is 41.6. The van der Waals surface area contributed by atoms with Crippen LogP contribution in [-0.2, 0) is 21.4 Å². The van der Waals surface area contributed by atoms with Crippen molar-refractivity contribution in [3.63, 3.8) is 0 Å². The maximum Gasteiger partial charge on any atom is 0.330 e. The topological polar surface area (TPSA) is 139 Å². The fraction of sp³-hybridized carbons (Fsp3) is 0.476. The number of aromatic nitrogens is 2. The van der Waals surface area contributed by atoms with E-state index in [0.717, 1.165) is 21.9 Å². The predicted octanol–water partition coefficient (Wildman–Crippen LogP) is 1.44. The molecule has 1 aromatic carbocycles. The molecule has 0 saturated carbocycles. The Morgan fingerprint density at radius 2 is 1.81 bits per heavy atom. The first-order chi connectivity index (χ1) is 15.0. The van der Waals surface area contributed by atoms with Crippen LogP contribution in [0.4, 0.5) is 17.2 Å². The van der Waals surface area contributed by atoms with E-state index in [4.69, 9.17) is 5.73 Å². The zero-order valence-electron chi connectivity index (χ0n) is 18.9. The second kappa shape index (κ2) is 10.5. The average molecular weight is 466 g/mol. The van der Waals surface area contributed by atoms with E-state index in [1.54, 1.807) is 31.2 Å². The minimum Gasteiger partial charge on any atom is -0.383 e. The summed E-state index contributed by atoms with van der Waals surface area (Å²) in [5.41, 5.74) is 5.63. The number of nitrogens with two attached hydrogens (primary N) is 1. The number of carbonyl (C=O) groups excluding carboxylic acids is 1. The van der Waals surface area contributed by atoms with Crippen LogP contribution in [0.1, 0.15) is 38.7 Å². The number of aromatic amines is 1. The number of aryl methyl sites for hydroxylation is 1. The highest BCUT2D eigenvalue weighted by molar-refractivity contribution is 7.92. The molecule has 0 aliphatic heterocycles. The van der Waals surface area contributed by atoms with Crippen LogP contribution in [0.15, 0.2) is 33.9 Å². The Morgan fingerprint density at radius 1 is 1.16 bits per heavy atom. The zero-order chi connectivity index (χ0) is 24.1. The number of nitrogens with one attached hydrogen (secondary N) is 1. The average Bonchev–Trinajstić information content (AvgIpc) is 2.70. The number of nitrogens with zero attached hydrogens (tertiary/aromatic N) is 3. The quantitative estimate of drug-likeness (QED) is 0.544. The molecule has 32 heavy (non-hydrogen) atoms. The van der Waals surface area contributed by atoms with Crippen LogP contribution in [0.2, 0.25) is 0 Å². The van der Waals surface area contributed by atoms with Gasteiger partial charge in [-0.15, -0.1) is 0 Å². The minimum atomic E-state index is -3.80. The highest BCUT2D eigenvalue weighted by Crippen LogP contribution is 2.24. The number of H-pyrrole nitrogens is 1. The lowest BCUT2D eigenvalue weighted by molar-refractivity contribution is -0.117. The minimum absolute atomic E-state index is 0.115. The van der Waals surface area contributed by atoms with Crippen LogP contribution in [0.3, 0.4) is 0 Å². The Kier molecular flexibility index (Phi) is 8.25. The standard InChI is InChI=1S/C21H31N5O5S/c1-5-7-13-25-19(22)18(20(28)23-21(25)29)24(12-6-2)17(27)14-26(32(4,30)31)16-11-9-8-10-15(16)3/h8-11H,5-7,12-14,22H2,1-4H3,(H,23,28,29). The number of unbranched alkanes of at least 4 members (excludes halogenated alkanes) is 1. The summed E-state index contributed by atoms with van der Waals surface area (Å²) in [7, 11) is -3.80. The third kappa shape index (κ3) is 5.58. The molecule has 1 heterocycles. The summed E-state index contributed by atoms with van der Waals surface area (Å²) >= 11 is 0. The van der Waals surface area contributed by atoms with Gasteiger partial charge in [-0.2, -0.15) is 0 Å². The third-order valence-electron chi connectivity index (χ3n) is 5.03. The molecule has 0 aliphatic carbocycles. The molecule has 2 rings (SSSR count). The number of sulfonamides is 1. The smallest absolute Gasteiger partial charge is 0.330 e. The second-order valence-corrected chi connectivity index (χ2v) is 9.51. The summed E-state index contributed by atoms with van der Waals surface area (Å²) in [5.74, 6) is -0.741. The predicted molar refractivity (Wildman–Crippen MR) is 127 cm³/mol. The molecule has 0 saturated heterocycles. The van der Waals surface area contributed by atoms with Gasteiger partial charge in [-0.3, -0.25) is 23.4 Å². The van der Waals surface area contributed by atoms with E-state index in [-0.39, 0.29) is 24.6 Å². The van der Waals surface area contributed by atoms with Crippen molar-refractivity contribution >= 4 is 33.1 Å². The molecule has 1 aromatic heterocycles. The van der Waals surface area contributed by atoms with Crippen LogP contribution < -0.4 is 26.2 Å². The Labute approximate surface area is 187 Å². The van der Waals surface area contributed by atoms with E-state index < -0.39 is 33.7 Å². The number of hydrogen-bond donors (Lipinski definition) is 2. The van der Waals surface area contributed by atoms with Gasteiger partial charge in [0.15, 0.2) is 5.69 Å². The number of hydrogen-bond acceptors (Lipinski definition) is 6. The Bertz CT molecular complexity index is 1190. The zero-order valence-corrected chi connectivity index (χ0v) is 19.7. The lowest BCUT2D eigenvalue weighted by atomic mass is 10.2. The first kappa shape index (κ1) is 25.2. The molecule has 0 spiro atoms. The summed E-state index contributed by atoms with van der Waals surface area (Å²) in [6.45, 7) is 5.41. The van der Waals surface area contributed by atoms with E-state index in [2.05, 4.69) is 4.98 Å². The Balaban J connectivity index is 2.55. The molecule has 0 atom stereocenters. The van der Waals surface area contributed by atoms with E-state index in [0.29, 0.717) is 24.1 Å². The molecule has 176 valence electrons. The van der Waals surface area contributed by atoms with Crippen LogP contribution >= 0.6 is 0 Å². The summed E-state index contributed by atoms with van der Waals surface area (Å²) in [5, 5.41) is 0. The molecular weight excluding hydrogens is 434 g/mol. The third-order valence-corrected chi connectivity index (χ3v) is 6.16. The van der Waals surface area contributed by atoms with Crippen LogP contribution in [-0.4, -0.2) is 43.2 Å². The lowest BCUT2D eigenvalue weighted by Crippen LogP contribution is -2.47. The molecule has 0 bridgehead atoms. The Morgan fingerprint density at radius 3 is 2.38 bits per heavy atom. The molecule has 1 amide bonds. The van der Waals surface area contributed by atoms with Crippen molar-refractivity contribution in [3.8, 4) is 0 Å². The SMILES string of the molecule is CCCCn1c(N)c(N(CCC)C(=O)CN(c2ccccc2C)S(C)(=O)=O)c(=O)[nH]c1=O. The van der Waals surface area contributed by atoms with E-state index in [1.807, 2.05) is 13.8 Å². The molecule has 2 aromatic rings. The van der Waals surface area contributed by atoms with Gasteiger partial charge in [0.1, 0.15) is 12.4 Å². The van der Waals surface area contributed by atoms with Gasteiger partial charge in [0.25, 0.3) is 5.56 Å². The van der Waals surface area contributed by atoms with Crippen molar-refractivity contribution < 1.29 is 13.2 Å². The van der Waals surface area contributed by atoms with Crippen molar-refractivity contribution in [1.29, 1.82) is 0 Å². The molecule has 10 nitrogen and oxygen atoms in total. The number of benzene rings is 1. The fourth-order valence-electron chi connectivity index (χ4n) is 3.39. The molecule has 0 aliphatic rings. The normalized spacial score (nSPS) is 11.4. The monoisotopic (exact) mass is 465 g/mol. The molecule has 11 heteroatoms. The van der Waals surface area contributed by atoms with Crippen molar-refractivity contribution in [3.05, 3.63) is 50.7 Å². The number of amides is 1. The molecule has 0 fully saturated rings. The largest absolute Gasteiger partial charge is 0.383 e. The molecule has 3 N–H and O–H groups in total. The van der Waals surface area contributed by atoms with Crippen LogP contribution in [0.25, 0.3) is 0 Å². The van der Waals surface area contributed by atoms with Gasteiger partial charge in [0.2, 0.25) is 15.9 Å². The van der Waals surface area contributed by atoms with Crippen molar-refractivity contribution in [1.82, 2.24) is 9.55 Å². The summed E-state index contributed by atoms with van der Waals surface area (Å²) < 4.78 is 27.2. The fourth-order valence-corrected chi connectivity index (χ4v) is 4.30. The number of para-hydroxylation sites is 1. The highest BCUT2D eigenvalue weighted by Gasteiger charge is 2.28. The number of anilines is 3. The van der Waals surface area contributed by atoms with Crippen molar-refractivity contribution in [2.75, 3.05) is 34.3 Å². The first-order valence-corrected chi connectivity index (χ1v) is 12.3. The van der Waals surface area contributed by atoms with E-state index in [1.165, 1.54) is 4.57 Å². The van der Waals surface area contributed by atoms with Gasteiger partial charge < -0.3 is 10.6 Å². The van der Waals surface area contributed by atoms with Gasteiger partial charge in [0.05, 0.1) is 11.9 Å². The Hall–Kier alpha value is -3.08. The van der Waals surface area contributed by atoms with Gasteiger partial charge in [-0.1, -0.05) is 38.5 Å². The summed E-state index contributed by atoms with van der Waals surface area (Å²) in [6, 6.07) is 6.80. The lowest BCUT2D eigenvalue weighted by Gasteiger charge is -2.28. The number of rotatable bonds is 10. The van der Waals surface area contributed by atoms with Crippen LogP contribution in [0, 0.1) is 6.92 Å². The first-order valence-electron chi connectivity index (χ1n) is 10.5. The van der Waals surface area contributed by atoms with Gasteiger partial charge in [-0.05, 0) is 31.4 Å². The summed E-state index contributed by atoms with van der Waals surface area (Å²) in [6.07, 6.45) is 2.97. The maximum atomic E-state index is 13.3. The molecule has 0 radical (unpaired) electrons. The number of carbonyl (C=O) groups is 1. The van der Waals surface area contributed by atoms with Crippen molar-refractivity contribution in [2.24, 2.45) is 0 Å². The maximum absolute atomic E-state index is 13.3. The highest BCUT2D eigenvalue weighted by atomic mass is 32.2. The van der Waals surface area contributed by atoms with Gasteiger partial charge >= 0.3 is 5.69 Å². The van der Waals surface area contributed by atoms with Crippen LogP contribution in [0.5, 0.6) is 0 Å². The van der Waals surface area contributed by atoms with Gasteiger partial charge in [-0.25, -0.2) is 13.2 Å². The van der Waals surface area contributed by atoms with E-state index >= 15 is 0 Å². The second-order valence-electron chi connectivity index (χ2n) is 7.60. The number of nitrogen functional groups attached to an aromatic ring is 1. The molecular formula is C21H31N5O5S.